The average Bonchev–Trinajstić information content (AvgIpc) is 3.16. The molecule has 1 atom stereocenters. The van der Waals surface area contributed by atoms with Crippen molar-refractivity contribution in [1.82, 2.24) is 10.2 Å². The molecule has 1 aliphatic rings. The normalized spacial score (nSPS) is 16.9. The molecule has 146 valence electrons. The lowest BCUT2D eigenvalue weighted by Crippen LogP contribution is -2.39. The van der Waals surface area contributed by atoms with Crippen LogP contribution in [0.25, 0.3) is 0 Å². The van der Waals surface area contributed by atoms with Gasteiger partial charge in [-0.2, -0.15) is 0 Å². The van der Waals surface area contributed by atoms with Crippen LogP contribution in [0.1, 0.15) is 29.0 Å². The molecule has 0 amide bonds. The van der Waals surface area contributed by atoms with Crippen LogP contribution in [-0.4, -0.2) is 38.1 Å². The van der Waals surface area contributed by atoms with E-state index >= 15 is 0 Å². The maximum atomic E-state index is 13.7. The van der Waals surface area contributed by atoms with Crippen molar-refractivity contribution in [3.8, 4) is 0 Å². The zero-order valence-corrected chi connectivity index (χ0v) is 18.2. The first-order chi connectivity index (χ1) is 12.7. The van der Waals surface area contributed by atoms with Gasteiger partial charge in [0.2, 0.25) is 0 Å². The maximum absolute atomic E-state index is 13.7. The van der Waals surface area contributed by atoms with E-state index < -0.39 is 0 Å². The number of hydrogen-bond acceptors (Lipinski definition) is 2. The van der Waals surface area contributed by atoms with Crippen molar-refractivity contribution in [2.45, 2.75) is 25.5 Å². The number of rotatable bonds is 5. The van der Waals surface area contributed by atoms with Gasteiger partial charge in [-0.3, -0.25) is 4.99 Å². The van der Waals surface area contributed by atoms with Crippen LogP contribution in [0.3, 0.4) is 0 Å². The summed E-state index contributed by atoms with van der Waals surface area (Å²) in [5.74, 6) is 1.19. The topological polar surface area (TPSA) is 36.9 Å². The quantitative estimate of drug-likeness (QED) is 0.395. The van der Waals surface area contributed by atoms with Crippen molar-refractivity contribution in [3.63, 3.8) is 0 Å². The summed E-state index contributed by atoms with van der Waals surface area (Å²) < 4.78 is 18.8. The summed E-state index contributed by atoms with van der Waals surface area (Å²) in [5.41, 5.74) is 2.97. The molecule has 0 saturated carbocycles. The number of guanidine groups is 1. The second-order valence-corrected chi connectivity index (χ2v) is 6.60. The van der Waals surface area contributed by atoms with Gasteiger partial charge in [0, 0.05) is 45.3 Å². The summed E-state index contributed by atoms with van der Waals surface area (Å²) >= 11 is 0. The van der Waals surface area contributed by atoms with Gasteiger partial charge in [-0.15, -0.1) is 24.0 Å². The van der Waals surface area contributed by atoms with Crippen molar-refractivity contribution >= 4 is 29.9 Å². The van der Waals surface area contributed by atoms with Crippen LogP contribution in [-0.2, 0) is 17.9 Å². The number of hydrogen-bond donors (Lipinski definition) is 1. The highest BCUT2D eigenvalue weighted by Crippen LogP contribution is 2.26. The van der Waals surface area contributed by atoms with E-state index in [0.29, 0.717) is 18.0 Å². The molecular weight excluding hydrogens is 456 g/mol. The molecule has 2 aromatic carbocycles. The summed E-state index contributed by atoms with van der Waals surface area (Å²) in [7, 11) is 3.38. The highest BCUT2D eigenvalue weighted by Gasteiger charge is 2.25. The fraction of sp³-hybridized carbons (Fsp3) is 0.381. The lowest BCUT2D eigenvalue weighted by Gasteiger charge is -2.22. The Balaban J connectivity index is 0.00000261. The van der Waals surface area contributed by atoms with Crippen LogP contribution in [0.2, 0.25) is 0 Å². The lowest BCUT2D eigenvalue weighted by molar-refractivity contribution is 0.181. The molecule has 0 radical (unpaired) electrons. The molecule has 0 aromatic heterocycles. The standard InChI is InChI=1S/C21H26FN3O.HI/c1-23-21(24-13-16-8-9-20(22)19(12-16)15-26-2)25-11-10-18(14-25)17-6-4-3-5-7-17;/h3-9,12,18H,10-11,13-15H2,1-2H3,(H,23,24);1H. The number of benzene rings is 2. The summed E-state index contributed by atoms with van der Waals surface area (Å²) in [6, 6.07) is 15.8. The molecule has 3 rings (SSSR count). The zero-order valence-electron chi connectivity index (χ0n) is 15.8. The minimum atomic E-state index is -0.231. The lowest BCUT2D eigenvalue weighted by atomic mass is 9.99. The Morgan fingerprint density at radius 1 is 1.26 bits per heavy atom. The Bertz CT molecular complexity index is 754. The van der Waals surface area contributed by atoms with Crippen LogP contribution in [0.15, 0.2) is 53.5 Å². The largest absolute Gasteiger partial charge is 0.380 e. The minimum absolute atomic E-state index is 0. The number of nitrogens with zero attached hydrogens (tertiary/aromatic N) is 2. The predicted molar refractivity (Wildman–Crippen MR) is 118 cm³/mol. The first-order valence-corrected chi connectivity index (χ1v) is 8.98. The van der Waals surface area contributed by atoms with Crippen LogP contribution < -0.4 is 5.32 Å². The Kier molecular flexibility index (Phi) is 8.50. The first kappa shape index (κ1) is 21.6. The Labute approximate surface area is 177 Å². The van der Waals surface area contributed by atoms with E-state index in [1.165, 1.54) is 11.6 Å². The van der Waals surface area contributed by atoms with Crippen molar-refractivity contribution < 1.29 is 9.13 Å². The van der Waals surface area contributed by atoms with E-state index in [1.54, 1.807) is 20.2 Å². The van der Waals surface area contributed by atoms with Gasteiger partial charge in [0.25, 0.3) is 0 Å². The van der Waals surface area contributed by atoms with Crippen LogP contribution in [0.5, 0.6) is 0 Å². The number of likely N-dealkylation sites (tertiary alicyclic amines) is 1. The molecule has 1 heterocycles. The number of methoxy groups -OCH3 is 1. The zero-order chi connectivity index (χ0) is 18.4. The molecule has 1 unspecified atom stereocenters. The number of halogens is 2. The SMILES string of the molecule is CN=C(NCc1ccc(F)c(COC)c1)N1CCC(c2ccccc2)C1.I. The van der Waals surface area contributed by atoms with Crippen molar-refractivity contribution in [3.05, 3.63) is 71.0 Å². The molecule has 1 N–H and O–H groups in total. The van der Waals surface area contributed by atoms with E-state index in [2.05, 4.69) is 45.5 Å². The molecule has 0 bridgehead atoms. The second kappa shape index (κ2) is 10.6. The van der Waals surface area contributed by atoms with E-state index in [1.807, 2.05) is 6.07 Å². The second-order valence-electron chi connectivity index (χ2n) is 6.60. The Morgan fingerprint density at radius 3 is 2.74 bits per heavy atom. The van der Waals surface area contributed by atoms with Gasteiger partial charge in [0.05, 0.1) is 6.61 Å². The van der Waals surface area contributed by atoms with Gasteiger partial charge in [-0.1, -0.05) is 36.4 Å². The van der Waals surface area contributed by atoms with E-state index in [4.69, 9.17) is 4.74 Å². The third kappa shape index (κ3) is 5.65. The van der Waals surface area contributed by atoms with Crippen LogP contribution in [0, 0.1) is 5.82 Å². The van der Waals surface area contributed by atoms with E-state index in [9.17, 15) is 4.39 Å². The average molecular weight is 483 g/mol. The smallest absolute Gasteiger partial charge is 0.193 e. The molecule has 27 heavy (non-hydrogen) atoms. The summed E-state index contributed by atoms with van der Waals surface area (Å²) in [5, 5.41) is 3.40. The van der Waals surface area contributed by atoms with Gasteiger partial charge in [0.15, 0.2) is 5.96 Å². The molecule has 4 nitrogen and oxygen atoms in total. The third-order valence-corrected chi connectivity index (χ3v) is 4.83. The molecule has 1 saturated heterocycles. The molecule has 1 aliphatic heterocycles. The van der Waals surface area contributed by atoms with Gasteiger partial charge in [-0.05, 0) is 29.7 Å². The fourth-order valence-corrected chi connectivity index (χ4v) is 3.47. The van der Waals surface area contributed by atoms with Gasteiger partial charge in [0.1, 0.15) is 5.82 Å². The Morgan fingerprint density at radius 2 is 2.04 bits per heavy atom. The van der Waals surface area contributed by atoms with E-state index in [-0.39, 0.29) is 36.4 Å². The molecule has 0 spiro atoms. The molecule has 6 heteroatoms. The molecule has 1 fully saturated rings. The van der Waals surface area contributed by atoms with E-state index in [0.717, 1.165) is 31.0 Å². The van der Waals surface area contributed by atoms with Crippen LogP contribution >= 0.6 is 24.0 Å². The molecule has 2 aromatic rings. The van der Waals surface area contributed by atoms with Crippen LogP contribution in [0.4, 0.5) is 4.39 Å². The van der Waals surface area contributed by atoms with Gasteiger partial charge < -0.3 is 15.0 Å². The fourth-order valence-electron chi connectivity index (χ4n) is 3.47. The maximum Gasteiger partial charge on any atom is 0.193 e. The minimum Gasteiger partial charge on any atom is -0.380 e. The summed E-state index contributed by atoms with van der Waals surface area (Å²) in [6.07, 6.45) is 1.12. The van der Waals surface area contributed by atoms with Crippen molar-refractivity contribution in [2.24, 2.45) is 4.99 Å². The summed E-state index contributed by atoms with van der Waals surface area (Å²) in [4.78, 5) is 6.71. The molecule has 0 aliphatic carbocycles. The number of nitrogens with one attached hydrogen (secondary N) is 1. The highest BCUT2D eigenvalue weighted by molar-refractivity contribution is 14.0. The van der Waals surface area contributed by atoms with Crippen molar-refractivity contribution in [1.29, 1.82) is 0 Å². The van der Waals surface area contributed by atoms with Gasteiger partial charge >= 0.3 is 0 Å². The highest BCUT2D eigenvalue weighted by atomic mass is 127. The molecular formula is C21H27FIN3O. The van der Waals surface area contributed by atoms with Crippen molar-refractivity contribution in [2.75, 3.05) is 27.2 Å². The van der Waals surface area contributed by atoms with Gasteiger partial charge in [-0.25, -0.2) is 4.39 Å². The summed E-state index contributed by atoms with van der Waals surface area (Å²) in [6.45, 7) is 2.83. The first-order valence-electron chi connectivity index (χ1n) is 8.98. The number of aliphatic imine (C=N–C) groups is 1. The Hall–Kier alpha value is -1.67. The predicted octanol–water partition coefficient (Wildman–Crippen LogP) is 4.16. The third-order valence-electron chi connectivity index (χ3n) is 4.83. The number of ether oxygens (including phenoxy) is 1. The monoisotopic (exact) mass is 483 g/mol.